The van der Waals surface area contributed by atoms with E-state index in [9.17, 15) is 19.2 Å². The first-order chi connectivity index (χ1) is 18.6. The second-order valence-electron chi connectivity index (χ2n) is 11.5. The van der Waals surface area contributed by atoms with Crippen molar-refractivity contribution in [2.75, 3.05) is 36.0 Å². The van der Waals surface area contributed by atoms with Crippen molar-refractivity contribution in [1.29, 1.82) is 0 Å². The molecule has 4 amide bonds. The van der Waals surface area contributed by atoms with Crippen LogP contribution in [-0.4, -0.2) is 49.8 Å². The minimum atomic E-state index is -0.407. The van der Waals surface area contributed by atoms with Crippen molar-refractivity contribution in [1.82, 2.24) is 10.6 Å². The van der Waals surface area contributed by atoms with Gasteiger partial charge in [0.1, 0.15) is 0 Å². The normalized spacial score (nSPS) is 19.5. The van der Waals surface area contributed by atoms with Gasteiger partial charge in [-0.3, -0.25) is 19.2 Å². The van der Waals surface area contributed by atoms with E-state index in [1.165, 1.54) is 11.1 Å². The number of hydrogen-bond donors (Lipinski definition) is 2. The molecule has 0 radical (unpaired) electrons. The highest BCUT2D eigenvalue weighted by atomic mass is 16.2. The first kappa shape index (κ1) is 28.3. The van der Waals surface area contributed by atoms with Crippen molar-refractivity contribution < 1.29 is 19.2 Å². The summed E-state index contributed by atoms with van der Waals surface area (Å²) in [6.07, 6.45) is 2.23. The maximum atomic E-state index is 12.9. The average Bonchev–Trinajstić information content (AvgIpc) is 3.53. The fourth-order valence-corrected chi connectivity index (χ4v) is 5.09. The smallest absolute Gasteiger partial charge is 0.227 e. The minimum Gasteiger partial charge on any atom is -0.355 e. The van der Waals surface area contributed by atoms with Crippen LogP contribution in [0.4, 0.5) is 11.4 Å². The summed E-state index contributed by atoms with van der Waals surface area (Å²) >= 11 is 0. The van der Waals surface area contributed by atoms with Crippen LogP contribution in [0.25, 0.3) is 0 Å². The number of aryl methyl sites for hydroxylation is 2. The standard InChI is InChI=1S/C31H40N4O4/c1-5-21-7-11-25(12-8-21)34-17-23(15-27(34)36)29(38)32-19-31(3,4)20-33-30(39)24-16-28(37)35(18-24)26-13-9-22(6-2)10-14-26/h7-14,23-24H,5-6,15-20H2,1-4H3,(H,32,38)(H,33,39)/t23-,24-/m1/s1. The summed E-state index contributed by atoms with van der Waals surface area (Å²) in [5.74, 6) is -1.21. The van der Waals surface area contributed by atoms with E-state index >= 15 is 0 Å². The Morgan fingerprint density at radius 1 is 0.718 bits per heavy atom. The van der Waals surface area contributed by atoms with Crippen molar-refractivity contribution in [3.63, 3.8) is 0 Å². The Morgan fingerprint density at radius 2 is 1.08 bits per heavy atom. The highest BCUT2D eigenvalue weighted by Crippen LogP contribution is 2.27. The van der Waals surface area contributed by atoms with Gasteiger partial charge in [-0.05, 0) is 53.6 Å². The zero-order chi connectivity index (χ0) is 28.2. The monoisotopic (exact) mass is 532 g/mol. The molecule has 2 heterocycles. The topological polar surface area (TPSA) is 98.8 Å². The molecule has 0 saturated carbocycles. The molecule has 2 atom stereocenters. The molecule has 2 N–H and O–H groups in total. The van der Waals surface area contributed by atoms with Crippen LogP contribution < -0.4 is 20.4 Å². The summed E-state index contributed by atoms with van der Waals surface area (Å²) in [7, 11) is 0. The first-order valence-electron chi connectivity index (χ1n) is 13.9. The van der Waals surface area contributed by atoms with Gasteiger partial charge in [-0.15, -0.1) is 0 Å². The van der Waals surface area contributed by atoms with E-state index in [1.54, 1.807) is 9.80 Å². The third-order valence-corrected chi connectivity index (χ3v) is 7.79. The summed E-state index contributed by atoms with van der Waals surface area (Å²) in [6.45, 7) is 9.55. The van der Waals surface area contributed by atoms with Crippen molar-refractivity contribution in [2.24, 2.45) is 17.3 Å². The molecule has 0 unspecified atom stereocenters. The number of carbonyl (C=O) groups is 4. The molecule has 0 spiro atoms. The van der Waals surface area contributed by atoms with Gasteiger partial charge >= 0.3 is 0 Å². The zero-order valence-corrected chi connectivity index (χ0v) is 23.5. The third-order valence-electron chi connectivity index (χ3n) is 7.79. The third kappa shape index (κ3) is 6.85. The summed E-state index contributed by atoms with van der Waals surface area (Å²) in [6, 6.07) is 15.8. The first-order valence-corrected chi connectivity index (χ1v) is 13.9. The minimum absolute atomic E-state index is 0.0487. The second-order valence-corrected chi connectivity index (χ2v) is 11.5. The predicted molar refractivity (Wildman–Crippen MR) is 152 cm³/mol. The molecule has 2 fully saturated rings. The summed E-state index contributed by atoms with van der Waals surface area (Å²) in [5, 5.41) is 5.96. The molecule has 2 aliphatic rings. The summed E-state index contributed by atoms with van der Waals surface area (Å²) in [5.41, 5.74) is 3.64. The number of amides is 4. The molecule has 2 aliphatic heterocycles. The Hall–Kier alpha value is -3.68. The largest absolute Gasteiger partial charge is 0.355 e. The molecule has 2 aromatic rings. The molecule has 0 bridgehead atoms. The molecule has 0 aliphatic carbocycles. The van der Waals surface area contributed by atoms with E-state index in [4.69, 9.17) is 0 Å². The van der Waals surface area contributed by atoms with Crippen LogP contribution in [0.5, 0.6) is 0 Å². The number of nitrogens with zero attached hydrogens (tertiary/aromatic N) is 2. The molecule has 0 aromatic heterocycles. The molecule has 8 nitrogen and oxygen atoms in total. The van der Waals surface area contributed by atoms with Gasteiger partial charge < -0.3 is 20.4 Å². The number of carbonyl (C=O) groups excluding carboxylic acids is 4. The predicted octanol–water partition coefficient (Wildman–Crippen LogP) is 3.48. The SMILES string of the molecule is CCc1ccc(N2C[C@H](C(=O)NCC(C)(C)CNC(=O)[C@@H]3CC(=O)N(c4ccc(CC)cc4)C3)CC2=O)cc1. The quantitative estimate of drug-likeness (QED) is 0.490. The molecular weight excluding hydrogens is 492 g/mol. The Bertz CT molecular complexity index is 1110. The number of hydrogen-bond acceptors (Lipinski definition) is 4. The maximum Gasteiger partial charge on any atom is 0.227 e. The average molecular weight is 533 g/mol. The molecule has 2 saturated heterocycles. The Morgan fingerprint density at radius 3 is 1.41 bits per heavy atom. The van der Waals surface area contributed by atoms with Crippen LogP contribution in [0.2, 0.25) is 0 Å². The Balaban J connectivity index is 1.23. The highest BCUT2D eigenvalue weighted by Gasteiger charge is 2.37. The fourth-order valence-electron chi connectivity index (χ4n) is 5.09. The zero-order valence-electron chi connectivity index (χ0n) is 23.5. The molecular formula is C31H40N4O4. The number of benzene rings is 2. The van der Waals surface area contributed by atoms with Gasteiger partial charge in [-0.2, -0.15) is 0 Å². The van der Waals surface area contributed by atoms with E-state index < -0.39 is 17.3 Å². The lowest BCUT2D eigenvalue weighted by Gasteiger charge is -2.27. The van der Waals surface area contributed by atoms with Gasteiger partial charge in [-0.25, -0.2) is 0 Å². The molecule has 208 valence electrons. The van der Waals surface area contributed by atoms with Crippen LogP contribution in [0.1, 0.15) is 51.7 Å². The van der Waals surface area contributed by atoms with E-state index in [0.717, 1.165) is 24.2 Å². The molecule has 39 heavy (non-hydrogen) atoms. The van der Waals surface area contributed by atoms with Crippen LogP contribution in [-0.2, 0) is 32.0 Å². The maximum absolute atomic E-state index is 12.9. The second kappa shape index (κ2) is 12.0. The van der Waals surface area contributed by atoms with Crippen molar-refractivity contribution in [3.8, 4) is 0 Å². The Labute approximate surface area is 231 Å². The number of anilines is 2. The van der Waals surface area contributed by atoms with Gasteiger partial charge in [0.2, 0.25) is 23.6 Å². The Kier molecular flexibility index (Phi) is 8.73. The van der Waals surface area contributed by atoms with Gasteiger partial charge in [0.25, 0.3) is 0 Å². The van der Waals surface area contributed by atoms with Crippen molar-refractivity contribution >= 4 is 35.0 Å². The lowest BCUT2D eigenvalue weighted by molar-refractivity contribution is -0.127. The molecule has 4 rings (SSSR count). The lowest BCUT2D eigenvalue weighted by atomic mass is 9.92. The lowest BCUT2D eigenvalue weighted by Crippen LogP contribution is -2.45. The van der Waals surface area contributed by atoms with Gasteiger partial charge in [-0.1, -0.05) is 52.0 Å². The fraction of sp³-hybridized carbons (Fsp3) is 0.484. The van der Waals surface area contributed by atoms with Crippen LogP contribution in [0.3, 0.4) is 0 Å². The van der Waals surface area contributed by atoms with Crippen molar-refractivity contribution in [2.45, 2.75) is 53.4 Å². The van der Waals surface area contributed by atoms with E-state index in [1.807, 2.05) is 62.4 Å². The summed E-state index contributed by atoms with van der Waals surface area (Å²) in [4.78, 5) is 54.3. The number of rotatable bonds is 10. The summed E-state index contributed by atoms with van der Waals surface area (Å²) < 4.78 is 0. The van der Waals surface area contributed by atoms with Gasteiger partial charge in [0.15, 0.2) is 0 Å². The van der Waals surface area contributed by atoms with Crippen LogP contribution >= 0.6 is 0 Å². The van der Waals surface area contributed by atoms with Crippen molar-refractivity contribution in [3.05, 3.63) is 59.7 Å². The molecule has 2 aromatic carbocycles. The number of nitrogens with one attached hydrogen (secondary N) is 2. The van der Waals surface area contributed by atoms with E-state index in [2.05, 4.69) is 24.5 Å². The van der Waals surface area contributed by atoms with Crippen LogP contribution in [0, 0.1) is 17.3 Å². The highest BCUT2D eigenvalue weighted by molar-refractivity contribution is 6.01. The van der Waals surface area contributed by atoms with E-state index in [-0.39, 0.29) is 36.5 Å². The van der Waals surface area contributed by atoms with E-state index in [0.29, 0.717) is 26.2 Å². The van der Waals surface area contributed by atoms with Gasteiger partial charge in [0.05, 0.1) is 11.8 Å². The van der Waals surface area contributed by atoms with Gasteiger partial charge in [0, 0.05) is 50.4 Å². The van der Waals surface area contributed by atoms with Crippen LogP contribution in [0.15, 0.2) is 48.5 Å². The molecule has 8 heteroatoms.